The Balaban J connectivity index is 2.47. The van der Waals surface area contributed by atoms with E-state index in [4.69, 9.17) is 9.63 Å². The van der Waals surface area contributed by atoms with E-state index in [9.17, 15) is 9.18 Å². The molecule has 1 aromatic carbocycles. The topological polar surface area (TPSA) is 63.3 Å². The van der Waals surface area contributed by atoms with Gasteiger partial charge in [-0.1, -0.05) is 18.1 Å². The number of rotatable bonds is 3. The normalized spacial score (nSPS) is 10.5. The molecule has 0 unspecified atom stereocenters. The van der Waals surface area contributed by atoms with Crippen molar-refractivity contribution in [1.82, 2.24) is 5.16 Å². The molecule has 0 spiro atoms. The summed E-state index contributed by atoms with van der Waals surface area (Å²) in [6, 6.07) is 5.84. The Labute approximate surface area is 96.7 Å². The first kappa shape index (κ1) is 11.3. The predicted octanol–water partition coefficient (Wildman–Crippen LogP) is 2.74. The largest absolute Gasteiger partial charge is 0.476 e. The minimum Gasteiger partial charge on any atom is -0.476 e. The Bertz CT molecular complexity index is 563. The van der Waals surface area contributed by atoms with E-state index in [0.717, 1.165) is 12.0 Å². The summed E-state index contributed by atoms with van der Waals surface area (Å²) in [5, 5.41) is 12.0. The lowest BCUT2D eigenvalue weighted by Crippen LogP contribution is -1.94. The quantitative estimate of drug-likeness (QED) is 0.888. The number of hydrogen-bond donors (Lipinski definition) is 1. The Kier molecular flexibility index (Phi) is 2.91. The van der Waals surface area contributed by atoms with Crippen LogP contribution in [0.1, 0.15) is 23.0 Å². The van der Waals surface area contributed by atoms with Gasteiger partial charge in [0.05, 0.1) is 5.56 Å². The van der Waals surface area contributed by atoms with Gasteiger partial charge in [0.25, 0.3) is 0 Å². The highest BCUT2D eigenvalue weighted by molar-refractivity contribution is 5.86. The van der Waals surface area contributed by atoms with Crippen molar-refractivity contribution in [3.63, 3.8) is 0 Å². The molecular weight excluding hydrogens is 225 g/mol. The van der Waals surface area contributed by atoms with E-state index in [1.54, 1.807) is 12.1 Å². The minimum absolute atomic E-state index is 0.121. The van der Waals surface area contributed by atoms with Crippen LogP contribution in [0.4, 0.5) is 4.39 Å². The average molecular weight is 235 g/mol. The van der Waals surface area contributed by atoms with Gasteiger partial charge in [-0.05, 0) is 24.1 Å². The third kappa shape index (κ3) is 2.18. The van der Waals surface area contributed by atoms with E-state index in [-0.39, 0.29) is 17.0 Å². The van der Waals surface area contributed by atoms with Crippen LogP contribution in [0.25, 0.3) is 11.3 Å². The lowest BCUT2D eigenvalue weighted by molar-refractivity contribution is 0.0686. The smallest absolute Gasteiger partial charge is 0.358 e. The second kappa shape index (κ2) is 4.37. The predicted molar refractivity (Wildman–Crippen MR) is 58.2 cm³/mol. The van der Waals surface area contributed by atoms with Crippen molar-refractivity contribution in [2.75, 3.05) is 0 Å². The van der Waals surface area contributed by atoms with E-state index in [2.05, 4.69) is 5.16 Å². The van der Waals surface area contributed by atoms with Gasteiger partial charge in [0.2, 0.25) is 0 Å². The standard InChI is InChI=1S/C12H10FNO3/c1-2-7-3-4-9(13)8(5-7)11-6-10(12(15)16)14-17-11/h3-6H,2H2,1H3,(H,15,16). The minimum atomic E-state index is -1.20. The number of aromatic carboxylic acids is 1. The molecule has 0 aliphatic carbocycles. The molecule has 1 aromatic heterocycles. The number of halogens is 1. The van der Waals surface area contributed by atoms with Crippen LogP contribution in [0, 0.1) is 5.82 Å². The molecule has 0 bridgehead atoms. The fraction of sp³-hybridized carbons (Fsp3) is 0.167. The van der Waals surface area contributed by atoms with Crippen molar-refractivity contribution >= 4 is 5.97 Å². The summed E-state index contributed by atoms with van der Waals surface area (Å²) >= 11 is 0. The van der Waals surface area contributed by atoms with Crippen LogP contribution in [-0.2, 0) is 6.42 Å². The summed E-state index contributed by atoms with van der Waals surface area (Å²) in [5.74, 6) is -1.54. The van der Waals surface area contributed by atoms with Crippen LogP contribution in [0.5, 0.6) is 0 Å². The van der Waals surface area contributed by atoms with Crippen LogP contribution in [-0.4, -0.2) is 16.2 Å². The van der Waals surface area contributed by atoms with Gasteiger partial charge in [-0.3, -0.25) is 0 Å². The van der Waals surface area contributed by atoms with Crippen LogP contribution in [0.2, 0.25) is 0 Å². The zero-order valence-corrected chi connectivity index (χ0v) is 9.11. The molecular formula is C12H10FNO3. The highest BCUT2D eigenvalue weighted by Crippen LogP contribution is 2.25. The van der Waals surface area contributed by atoms with E-state index in [1.165, 1.54) is 12.1 Å². The van der Waals surface area contributed by atoms with Crippen LogP contribution in [0.3, 0.4) is 0 Å². The monoisotopic (exact) mass is 235 g/mol. The molecule has 0 atom stereocenters. The van der Waals surface area contributed by atoms with Crippen LogP contribution < -0.4 is 0 Å². The zero-order valence-electron chi connectivity index (χ0n) is 9.11. The summed E-state index contributed by atoms with van der Waals surface area (Å²) in [7, 11) is 0. The van der Waals surface area contributed by atoms with Crippen molar-refractivity contribution in [1.29, 1.82) is 0 Å². The third-order valence-electron chi connectivity index (χ3n) is 2.43. The van der Waals surface area contributed by atoms with Crippen molar-refractivity contribution in [3.8, 4) is 11.3 Å². The Morgan fingerprint density at radius 2 is 2.24 bits per heavy atom. The molecule has 1 heterocycles. The molecule has 0 fully saturated rings. The number of nitrogens with zero attached hydrogens (tertiary/aromatic N) is 1. The first-order valence-electron chi connectivity index (χ1n) is 5.10. The SMILES string of the molecule is CCc1ccc(F)c(-c2cc(C(=O)O)no2)c1. The molecule has 2 rings (SSSR count). The number of carbonyl (C=O) groups is 1. The first-order valence-corrected chi connectivity index (χ1v) is 5.10. The molecule has 4 nitrogen and oxygen atoms in total. The van der Waals surface area contributed by atoms with E-state index in [1.807, 2.05) is 6.92 Å². The maximum Gasteiger partial charge on any atom is 0.358 e. The molecule has 5 heteroatoms. The Hall–Kier alpha value is -2.17. The van der Waals surface area contributed by atoms with Gasteiger partial charge in [0.15, 0.2) is 11.5 Å². The average Bonchev–Trinajstić information content (AvgIpc) is 2.79. The van der Waals surface area contributed by atoms with Gasteiger partial charge in [-0.2, -0.15) is 0 Å². The highest BCUT2D eigenvalue weighted by atomic mass is 19.1. The third-order valence-corrected chi connectivity index (χ3v) is 2.43. The van der Waals surface area contributed by atoms with Gasteiger partial charge >= 0.3 is 5.97 Å². The number of aromatic nitrogens is 1. The summed E-state index contributed by atoms with van der Waals surface area (Å²) in [4.78, 5) is 10.6. The highest BCUT2D eigenvalue weighted by Gasteiger charge is 2.15. The molecule has 0 aliphatic rings. The number of carboxylic acid groups (broad SMARTS) is 1. The molecule has 0 saturated heterocycles. The van der Waals surface area contributed by atoms with Crippen LogP contribution in [0.15, 0.2) is 28.8 Å². The number of benzene rings is 1. The molecule has 0 radical (unpaired) electrons. The number of hydrogen-bond acceptors (Lipinski definition) is 3. The second-order valence-corrected chi connectivity index (χ2v) is 3.55. The lowest BCUT2D eigenvalue weighted by atomic mass is 10.1. The molecule has 88 valence electrons. The molecule has 17 heavy (non-hydrogen) atoms. The molecule has 0 amide bonds. The molecule has 2 aromatic rings. The fourth-order valence-corrected chi connectivity index (χ4v) is 1.48. The molecule has 0 aliphatic heterocycles. The van der Waals surface area contributed by atoms with E-state index in [0.29, 0.717) is 0 Å². The van der Waals surface area contributed by atoms with Crippen molar-refractivity contribution in [3.05, 3.63) is 41.3 Å². The van der Waals surface area contributed by atoms with Crippen molar-refractivity contribution < 1.29 is 18.8 Å². The van der Waals surface area contributed by atoms with Gasteiger partial charge < -0.3 is 9.63 Å². The van der Waals surface area contributed by atoms with E-state index >= 15 is 0 Å². The Morgan fingerprint density at radius 3 is 2.82 bits per heavy atom. The van der Waals surface area contributed by atoms with Crippen molar-refractivity contribution in [2.24, 2.45) is 0 Å². The van der Waals surface area contributed by atoms with Gasteiger partial charge in [-0.15, -0.1) is 0 Å². The van der Waals surface area contributed by atoms with Crippen LogP contribution >= 0.6 is 0 Å². The summed E-state index contributed by atoms with van der Waals surface area (Å²) in [5.41, 5.74) is 0.931. The summed E-state index contributed by atoms with van der Waals surface area (Å²) in [6.07, 6.45) is 0.757. The lowest BCUT2D eigenvalue weighted by Gasteiger charge is -2.01. The van der Waals surface area contributed by atoms with Gasteiger partial charge in [0, 0.05) is 6.07 Å². The summed E-state index contributed by atoms with van der Waals surface area (Å²) < 4.78 is 18.4. The van der Waals surface area contributed by atoms with Crippen molar-refractivity contribution in [2.45, 2.75) is 13.3 Å². The van der Waals surface area contributed by atoms with Gasteiger partial charge in [-0.25, -0.2) is 9.18 Å². The van der Waals surface area contributed by atoms with E-state index < -0.39 is 11.8 Å². The molecule has 1 N–H and O–H groups in total. The number of carboxylic acids is 1. The zero-order chi connectivity index (χ0) is 12.4. The second-order valence-electron chi connectivity index (χ2n) is 3.55. The summed E-state index contributed by atoms with van der Waals surface area (Å²) in [6.45, 7) is 1.94. The number of aryl methyl sites for hydroxylation is 1. The Morgan fingerprint density at radius 1 is 1.47 bits per heavy atom. The fourth-order valence-electron chi connectivity index (χ4n) is 1.48. The maximum atomic E-state index is 13.6. The molecule has 0 saturated carbocycles. The first-order chi connectivity index (χ1) is 8.11. The maximum absolute atomic E-state index is 13.6. The van der Waals surface area contributed by atoms with Gasteiger partial charge in [0.1, 0.15) is 5.82 Å².